The quantitative estimate of drug-likeness (QED) is 0.677. The van der Waals surface area contributed by atoms with Gasteiger partial charge in [-0.25, -0.2) is 0 Å². The van der Waals surface area contributed by atoms with Crippen molar-refractivity contribution in [1.82, 2.24) is 5.32 Å². The van der Waals surface area contributed by atoms with Gasteiger partial charge in [0.05, 0.1) is 6.61 Å². The summed E-state index contributed by atoms with van der Waals surface area (Å²) in [6.07, 6.45) is 6.19. The maximum Gasteiger partial charge on any atom is 0.123 e. The Balaban J connectivity index is 1.73. The highest BCUT2D eigenvalue weighted by Gasteiger charge is 2.23. The van der Waals surface area contributed by atoms with Gasteiger partial charge in [0.15, 0.2) is 0 Å². The average Bonchev–Trinajstić information content (AvgIpc) is 2.99. The predicted octanol–water partition coefficient (Wildman–Crippen LogP) is 0.794. The second-order valence-electron chi connectivity index (χ2n) is 3.80. The molecule has 1 saturated carbocycles. The number of hydrogen-bond donors (Lipinski definition) is 2. The van der Waals surface area contributed by atoms with Crippen molar-refractivity contribution in [2.24, 2.45) is 0 Å². The molecule has 2 aliphatic rings. The molecule has 1 heterocycles. The second kappa shape index (κ2) is 4.11. The van der Waals surface area contributed by atoms with E-state index >= 15 is 0 Å². The number of rotatable bonds is 4. The van der Waals surface area contributed by atoms with Crippen LogP contribution in [-0.2, 0) is 4.74 Å². The molecule has 0 amide bonds. The molecule has 1 aliphatic heterocycles. The molecule has 0 aromatic carbocycles. The maximum atomic E-state index is 9.69. The molecule has 2 N–H and O–H groups in total. The lowest BCUT2D eigenvalue weighted by Gasteiger charge is -2.19. The minimum atomic E-state index is -0.444. The number of aliphatic hydroxyl groups is 1. The van der Waals surface area contributed by atoms with Crippen LogP contribution >= 0.6 is 0 Å². The summed E-state index contributed by atoms with van der Waals surface area (Å²) in [5.74, 6) is 0.763. The molecule has 3 heteroatoms. The molecule has 0 aromatic rings. The van der Waals surface area contributed by atoms with Crippen LogP contribution in [0, 0.1) is 0 Å². The third-order valence-electron chi connectivity index (χ3n) is 2.47. The summed E-state index contributed by atoms with van der Waals surface area (Å²) in [4.78, 5) is 0. The van der Waals surface area contributed by atoms with Crippen LogP contribution in [0.15, 0.2) is 11.8 Å². The van der Waals surface area contributed by atoms with E-state index in [9.17, 15) is 5.11 Å². The molecule has 1 fully saturated rings. The summed E-state index contributed by atoms with van der Waals surface area (Å²) in [6.45, 7) is 1.39. The third kappa shape index (κ3) is 2.71. The van der Waals surface area contributed by atoms with Crippen LogP contribution in [0.3, 0.4) is 0 Å². The third-order valence-corrected chi connectivity index (χ3v) is 2.47. The van der Waals surface area contributed by atoms with Gasteiger partial charge in [-0.05, 0) is 31.8 Å². The first-order valence-electron chi connectivity index (χ1n) is 5.10. The van der Waals surface area contributed by atoms with Crippen LogP contribution < -0.4 is 5.32 Å². The van der Waals surface area contributed by atoms with E-state index in [1.807, 2.05) is 6.08 Å². The lowest BCUT2D eigenvalue weighted by molar-refractivity contribution is 0.0909. The summed E-state index contributed by atoms with van der Waals surface area (Å²) in [7, 11) is 0. The lowest BCUT2D eigenvalue weighted by atomic mass is 10.2. The van der Waals surface area contributed by atoms with E-state index in [1.54, 1.807) is 0 Å². The summed E-state index contributed by atoms with van der Waals surface area (Å²) in [5, 5.41) is 13.0. The molecule has 0 radical (unpaired) electrons. The molecule has 0 saturated heterocycles. The average molecular weight is 183 g/mol. The number of hydrogen-bond acceptors (Lipinski definition) is 3. The zero-order chi connectivity index (χ0) is 9.10. The Morgan fingerprint density at radius 2 is 2.46 bits per heavy atom. The molecule has 0 bridgehead atoms. The van der Waals surface area contributed by atoms with Crippen molar-refractivity contribution in [3.8, 4) is 0 Å². The molecule has 0 aromatic heterocycles. The number of ether oxygens (including phenoxy) is 1. The van der Waals surface area contributed by atoms with Crippen LogP contribution in [0.4, 0.5) is 0 Å². The highest BCUT2D eigenvalue weighted by atomic mass is 16.5. The van der Waals surface area contributed by atoms with Crippen LogP contribution in [0.1, 0.15) is 25.7 Å². The molecular weight excluding hydrogens is 166 g/mol. The van der Waals surface area contributed by atoms with Crippen molar-refractivity contribution in [2.75, 3.05) is 13.2 Å². The first kappa shape index (κ1) is 9.03. The smallest absolute Gasteiger partial charge is 0.123 e. The monoisotopic (exact) mass is 183 g/mol. The Labute approximate surface area is 78.8 Å². The molecule has 3 nitrogen and oxygen atoms in total. The Morgan fingerprint density at radius 1 is 1.62 bits per heavy atom. The van der Waals surface area contributed by atoms with Crippen LogP contribution in [0.2, 0.25) is 0 Å². The summed E-state index contributed by atoms with van der Waals surface area (Å²) >= 11 is 0. The standard InChI is InChI=1S/C10H17NO2/c12-9(7-11-8-4-5-8)10-3-1-2-6-13-10/h3,8-9,11-12H,1-2,4-7H2. The topological polar surface area (TPSA) is 41.5 Å². The van der Waals surface area contributed by atoms with Gasteiger partial charge in [-0.15, -0.1) is 0 Å². The fraction of sp³-hybridized carbons (Fsp3) is 0.800. The number of aliphatic hydroxyl groups excluding tert-OH is 1. The zero-order valence-electron chi connectivity index (χ0n) is 7.83. The minimum Gasteiger partial charge on any atom is -0.495 e. The second-order valence-corrected chi connectivity index (χ2v) is 3.80. The fourth-order valence-electron chi connectivity index (χ4n) is 1.48. The Morgan fingerprint density at radius 3 is 3.08 bits per heavy atom. The van der Waals surface area contributed by atoms with Crippen LogP contribution in [0.25, 0.3) is 0 Å². The largest absolute Gasteiger partial charge is 0.495 e. The van der Waals surface area contributed by atoms with Gasteiger partial charge in [-0.3, -0.25) is 0 Å². The van der Waals surface area contributed by atoms with Crippen LogP contribution in [0.5, 0.6) is 0 Å². The van der Waals surface area contributed by atoms with Gasteiger partial charge in [0, 0.05) is 12.6 Å². The first-order valence-corrected chi connectivity index (χ1v) is 5.10. The molecule has 2 rings (SSSR count). The molecule has 13 heavy (non-hydrogen) atoms. The van der Waals surface area contributed by atoms with Crippen molar-refractivity contribution in [3.05, 3.63) is 11.8 Å². The van der Waals surface area contributed by atoms with E-state index in [2.05, 4.69) is 5.32 Å². The summed E-state index contributed by atoms with van der Waals surface area (Å²) < 4.78 is 5.36. The van der Waals surface area contributed by atoms with Gasteiger partial charge in [0.2, 0.25) is 0 Å². The summed E-state index contributed by atoms with van der Waals surface area (Å²) in [6, 6.07) is 0.652. The van der Waals surface area contributed by atoms with E-state index in [4.69, 9.17) is 4.74 Å². The van der Waals surface area contributed by atoms with Crippen molar-refractivity contribution in [1.29, 1.82) is 0 Å². The molecular formula is C10H17NO2. The first-order chi connectivity index (χ1) is 6.36. The maximum absolute atomic E-state index is 9.69. The van der Waals surface area contributed by atoms with E-state index in [1.165, 1.54) is 12.8 Å². The van der Waals surface area contributed by atoms with Crippen LogP contribution in [-0.4, -0.2) is 30.4 Å². The van der Waals surface area contributed by atoms with Crippen molar-refractivity contribution in [2.45, 2.75) is 37.8 Å². The number of allylic oxidation sites excluding steroid dienone is 1. The molecule has 1 aliphatic carbocycles. The Hall–Kier alpha value is -0.540. The van der Waals surface area contributed by atoms with Gasteiger partial charge in [-0.2, -0.15) is 0 Å². The van der Waals surface area contributed by atoms with E-state index in [-0.39, 0.29) is 0 Å². The normalized spacial score (nSPS) is 24.8. The van der Waals surface area contributed by atoms with Gasteiger partial charge in [0.25, 0.3) is 0 Å². The number of nitrogens with one attached hydrogen (secondary N) is 1. The van der Waals surface area contributed by atoms with Crippen molar-refractivity contribution >= 4 is 0 Å². The molecule has 1 unspecified atom stereocenters. The Kier molecular flexibility index (Phi) is 2.86. The van der Waals surface area contributed by atoms with Gasteiger partial charge < -0.3 is 15.2 Å². The molecule has 1 atom stereocenters. The van der Waals surface area contributed by atoms with E-state index in [0.29, 0.717) is 12.6 Å². The molecule has 0 spiro atoms. The summed E-state index contributed by atoms with van der Waals surface area (Å²) in [5.41, 5.74) is 0. The van der Waals surface area contributed by atoms with Crippen molar-refractivity contribution < 1.29 is 9.84 Å². The lowest BCUT2D eigenvalue weighted by Crippen LogP contribution is -2.31. The Bertz CT molecular complexity index is 199. The van der Waals surface area contributed by atoms with Crippen molar-refractivity contribution in [3.63, 3.8) is 0 Å². The van der Waals surface area contributed by atoms with Gasteiger partial charge in [-0.1, -0.05) is 0 Å². The SMILES string of the molecule is OC(CNC1CC1)C1=CCCCO1. The highest BCUT2D eigenvalue weighted by molar-refractivity contribution is 5.03. The fourth-order valence-corrected chi connectivity index (χ4v) is 1.48. The highest BCUT2D eigenvalue weighted by Crippen LogP contribution is 2.19. The zero-order valence-corrected chi connectivity index (χ0v) is 7.83. The molecule has 74 valence electrons. The van der Waals surface area contributed by atoms with E-state index in [0.717, 1.165) is 25.2 Å². The van der Waals surface area contributed by atoms with E-state index < -0.39 is 6.10 Å². The minimum absolute atomic E-state index is 0.444. The van der Waals surface area contributed by atoms with Gasteiger partial charge >= 0.3 is 0 Å². The predicted molar refractivity (Wildman–Crippen MR) is 50.3 cm³/mol. The van der Waals surface area contributed by atoms with Gasteiger partial charge in [0.1, 0.15) is 11.9 Å².